The van der Waals surface area contributed by atoms with E-state index in [4.69, 9.17) is 4.74 Å². The Morgan fingerprint density at radius 3 is 2.16 bits per heavy atom. The molecule has 0 aliphatic rings. The third kappa shape index (κ3) is 9.05. The highest BCUT2D eigenvalue weighted by Gasteiger charge is 2.21. The molecule has 2 nitrogen and oxygen atoms in total. The van der Waals surface area contributed by atoms with Crippen LogP contribution in [0.3, 0.4) is 0 Å². The lowest BCUT2D eigenvalue weighted by Crippen LogP contribution is -2.20. The van der Waals surface area contributed by atoms with Gasteiger partial charge in [-0.2, -0.15) is 0 Å². The molecule has 0 saturated heterocycles. The van der Waals surface area contributed by atoms with Gasteiger partial charge in [0.2, 0.25) is 0 Å². The maximum Gasteiger partial charge on any atom is 0.313 e. The quantitative estimate of drug-likeness (QED) is 0.150. The molecule has 0 spiro atoms. The van der Waals surface area contributed by atoms with Gasteiger partial charge >= 0.3 is 5.97 Å². The molecule has 2 heteroatoms. The molecular weight excluding hydrogens is 392 g/mol. The highest BCUT2D eigenvalue weighted by atomic mass is 16.5. The molecule has 32 heavy (non-hydrogen) atoms. The summed E-state index contributed by atoms with van der Waals surface area (Å²) in [4.78, 5) is 12.9. The molecule has 0 aliphatic heterocycles. The normalized spacial score (nSPS) is 12.8. The third-order valence-electron chi connectivity index (χ3n) is 6.31. The number of unbranched alkanes of at least 4 members (excludes halogenated alkanes) is 10. The number of hydrogen-bond donors (Lipinski definition) is 0. The molecule has 0 heterocycles. The maximum absolute atomic E-state index is 12.9. The van der Waals surface area contributed by atoms with Crippen LogP contribution in [0.4, 0.5) is 0 Å². The van der Waals surface area contributed by atoms with Crippen LogP contribution in [0.2, 0.25) is 0 Å². The van der Waals surface area contributed by atoms with Gasteiger partial charge in [-0.15, -0.1) is 5.73 Å². The topological polar surface area (TPSA) is 26.3 Å². The molecule has 0 radical (unpaired) electrons. The summed E-state index contributed by atoms with van der Waals surface area (Å²) in [6.45, 7) is 7.88. The fraction of sp³-hybridized carbons (Fsp3) is 0.533. The molecule has 2 aromatic rings. The molecule has 0 saturated carbocycles. The Morgan fingerprint density at radius 2 is 1.50 bits per heavy atom. The number of fused-ring (bicyclic) bond motifs is 1. The van der Waals surface area contributed by atoms with Crippen LogP contribution in [0.15, 0.2) is 60.9 Å². The standard InChI is InChI=1S/C30H42O2/c1-4-6-7-8-9-10-11-12-13-14-15-22-27(19-5-2)32-30(31)25(3)28-24-18-21-26-20-16-17-23-29(26)28/h16-21,23-25,27H,2,4,6-15,22H2,1,3H3/t25-,27+/m1/s1. The second kappa shape index (κ2) is 15.5. The van der Waals surface area contributed by atoms with Crippen molar-refractivity contribution in [2.45, 2.75) is 103 Å². The van der Waals surface area contributed by atoms with E-state index >= 15 is 0 Å². The number of esters is 1. The maximum atomic E-state index is 12.9. The van der Waals surface area contributed by atoms with Crippen LogP contribution in [0.5, 0.6) is 0 Å². The van der Waals surface area contributed by atoms with E-state index in [0.29, 0.717) is 0 Å². The molecule has 0 bridgehead atoms. The van der Waals surface area contributed by atoms with Gasteiger partial charge < -0.3 is 4.74 Å². The van der Waals surface area contributed by atoms with E-state index in [0.717, 1.165) is 29.2 Å². The Morgan fingerprint density at radius 1 is 0.906 bits per heavy atom. The lowest BCUT2D eigenvalue weighted by molar-refractivity contribution is -0.148. The summed E-state index contributed by atoms with van der Waals surface area (Å²) in [5, 5.41) is 2.26. The Labute approximate surface area is 195 Å². The van der Waals surface area contributed by atoms with E-state index in [9.17, 15) is 4.79 Å². The predicted molar refractivity (Wildman–Crippen MR) is 137 cm³/mol. The van der Waals surface area contributed by atoms with Crippen LogP contribution in [-0.4, -0.2) is 12.1 Å². The summed E-state index contributed by atoms with van der Waals surface area (Å²) in [6, 6.07) is 14.3. The van der Waals surface area contributed by atoms with Crippen molar-refractivity contribution in [2.24, 2.45) is 0 Å². The Balaban J connectivity index is 1.72. The number of carbonyl (C=O) groups is 1. The average molecular weight is 435 g/mol. The van der Waals surface area contributed by atoms with Crippen LogP contribution in [0, 0.1) is 0 Å². The summed E-state index contributed by atoms with van der Waals surface area (Å²) in [5.74, 6) is -0.486. The van der Waals surface area contributed by atoms with Gasteiger partial charge in [-0.3, -0.25) is 4.79 Å². The van der Waals surface area contributed by atoms with Crippen molar-refractivity contribution < 1.29 is 9.53 Å². The molecule has 0 aliphatic carbocycles. The molecular formula is C30H42O2. The van der Waals surface area contributed by atoms with Crippen molar-refractivity contribution in [1.29, 1.82) is 0 Å². The van der Waals surface area contributed by atoms with E-state index in [-0.39, 0.29) is 18.0 Å². The monoisotopic (exact) mass is 434 g/mol. The van der Waals surface area contributed by atoms with Crippen molar-refractivity contribution >= 4 is 16.7 Å². The van der Waals surface area contributed by atoms with Gasteiger partial charge in [0.25, 0.3) is 0 Å². The lowest BCUT2D eigenvalue weighted by atomic mass is 9.95. The van der Waals surface area contributed by atoms with E-state index in [1.807, 2.05) is 31.2 Å². The van der Waals surface area contributed by atoms with Gasteiger partial charge in [-0.1, -0.05) is 120 Å². The van der Waals surface area contributed by atoms with E-state index in [2.05, 4.69) is 37.4 Å². The molecule has 0 N–H and O–H groups in total. The fourth-order valence-electron chi connectivity index (χ4n) is 4.32. The van der Waals surface area contributed by atoms with Gasteiger partial charge in [0.15, 0.2) is 0 Å². The van der Waals surface area contributed by atoms with Crippen LogP contribution >= 0.6 is 0 Å². The highest BCUT2D eigenvalue weighted by molar-refractivity contribution is 5.91. The Hall–Kier alpha value is -2.31. The Kier molecular flexibility index (Phi) is 12.6. The molecule has 0 fully saturated rings. The minimum Gasteiger partial charge on any atom is -0.457 e. The largest absolute Gasteiger partial charge is 0.457 e. The second-order valence-corrected chi connectivity index (χ2v) is 8.96. The zero-order valence-electron chi connectivity index (χ0n) is 20.3. The van der Waals surface area contributed by atoms with Crippen LogP contribution < -0.4 is 0 Å². The van der Waals surface area contributed by atoms with Gasteiger partial charge in [0.1, 0.15) is 6.10 Å². The molecule has 2 atom stereocenters. The minimum absolute atomic E-state index is 0.180. The summed E-state index contributed by atoms with van der Waals surface area (Å²) in [7, 11) is 0. The predicted octanol–water partition coefficient (Wildman–Crippen LogP) is 8.90. The van der Waals surface area contributed by atoms with E-state index in [1.54, 1.807) is 6.08 Å². The number of rotatable bonds is 16. The fourth-order valence-corrected chi connectivity index (χ4v) is 4.32. The highest BCUT2D eigenvalue weighted by Crippen LogP contribution is 2.27. The molecule has 2 aromatic carbocycles. The van der Waals surface area contributed by atoms with Crippen molar-refractivity contribution in [3.63, 3.8) is 0 Å². The first-order chi connectivity index (χ1) is 15.7. The molecule has 2 rings (SSSR count). The first-order valence-corrected chi connectivity index (χ1v) is 12.7. The molecule has 0 aromatic heterocycles. The van der Waals surface area contributed by atoms with E-state index in [1.165, 1.54) is 64.2 Å². The summed E-state index contributed by atoms with van der Waals surface area (Å²) in [6.07, 6.45) is 16.8. The molecule has 0 unspecified atom stereocenters. The molecule has 174 valence electrons. The first kappa shape index (κ1) is 25.9. The van der Waals surface area contributed by atoms with Gasteiger partial charge in [0, 0.05) is 0 Å². The average Bonchev–Trinajstić information content (AvgIpc) is 2.81. The lowest BCUT2D eigenvalue weighted by Gasteiger charge is -2.18. The van der Waals surface area contributed by atoms with Crippen molar-refractivity contribution in [3.8, 4) is 0 Å². The third-order valence-corrected chi connectivity index (χ3v) is 6.31. The van der Waals surface area contributed by atoms with Crippen molar-refractivity contribution in [1.82, 2.24) is 0 Å². The summed E-state index contributed by atoms with van der Waals surface area (Å²) >= 11 is 0. The number of benzene rings is 2. The van der Waals surface area contributed by atoms with Gasteiger partial charge in [-0.25, -0.2) is 0 Å². The minimum atomic E-state index is -0.306. The van der Waals surface area contributed by atoms with Crippen LogP contribution in [0.25, 0.3) is 10.8 Å². The molecule has 0 amide bonds. The summed E-state index contributed by atoms with van der Waals surface area (Å²) in [5.41, 5.74) is 3.84. The van der Waals surface area contributed by atoms with Gasteiger partial charge in [0.05, 0.1) is 5.92 Å². The van der Waals surface area contributed by atoms with Gasteiger partial charge in [-0.05, 0) is 42.2 Å². The first-order valence-electron chi connectivity index (χ1n) is 12.7. The second-order valence-electron chi connectivity index (χ2n) is 8.96. The van der Waals surface area contributed by atoms with Crippen molar-refractivity contribution in [3.05, 3.63) is 66.4 Å². The number of hydrogen-bond acceptors (Lipinski definition) is 2. The zero-order chi connectivity index (χ0) is 23.0. The zero-order valence-corrected chi connectivity index (χ0v) is 20.3. The SMILES string of the molecule is C=C=C[C@@H](CCCCCCCCCCCCC)OC(=O)[C@H](C)c1cccc2ccccc12. The number of ether oxygens (including phenoxy) is 1. The summed E-state index contributed by atoms with van der Waals surface area (Å²) < 4.78 is 5.85. The van der Waals surface area contributed by atoms with E-state index < -0.39 is 0 Å². The number of carbonyl (C=O) groups excluding carboxylic acids is 1. The smallest absolute Gasteiger partial charge is 0.313 e. The Bertz CT molecular complexity index is 842. The van der Waals surface area contributed by atoms with Crippen LogP contribution in [0.1, 0.15) is 102 Å². The van der Waals surface area contributed by atoms with Crippen LogP contribution in [-0.2, 0) is 9.53 Å². The van der Waals surface area contributed by atoms with Crippen molar-refractivity contribution in [2.75, 3.05) is 0 Å².